The van der Waals surface area contributed by atoms with Gasteiger partial charge in [-0.15, -0.1) is 12.4 Å². The molecule has 1 aromatic rings. The summed E-state index contributed by atoms with van der Waals surface area (Å²) >= 11 is 1.70. The normalized spacial score (nSPS) is 22.9. The minimum atomic E-state index is -0.447. The van der Waals surface area contributed by atoms with Gasteiger partial charge in [0.2, 0.25) is 5.91 Å². The van der Waals surface area contributed by atoms with Crippen molar-refractivity contribution >= 4 is 36.0 Å². The summed E-state index contributed by atoms with van der Waals surface area (Å²) in [5, 5.41) is 6.57. The van der Waals surface area contributed by atoms with Crippen molar-refractivity contribution < 1.29 is 9.59 Å². The Morgan fingerprint density at radius 3 is 2.69 bits per heavy atom. The van der Waals surface area contributed by atoms with Crippen molar-refractivity contribution in [2.24, 2.45) is 0 Å². The first-order valence-corrected chi connectivity index (χ1v) is 10.5. The van der Waals surface area contributed by atoms with Gasteiger partial charge < -0.3 is 15.5 Å². The third-order valence-corrected chi connectivity index (χ3v) is 5.73. The van der Waals surface area contributed by atoms with Crippen molar-refractivity contribution in [1.82, 2.24) is 15.5 Å². The predicted molar refractivity (Wildman–Crippen MR) is 109 cm³/mol. The fourth-order valence-electron chi connectivity index (χ4n) is 3.69. The summed E-state index contributed by atoms with van der Waals surface area (Å²) in [5.74, 6) is 0.742. The SMILES string of the molecule is CSCCC(NC(=O)c1ccccc1)C(=O)N1CCC2CCC(C1)N2.Cl. The number of benzene rings is 1. The van der Waals surface area contributed by atoms with Crippen LogP contribution in [0.1, 0.15) is 36.0 Å². The van der Waals surface area contributed by atoms with E-state index in [-0.39, 0.29) is 24.2 Å². The smallest absolute Gasteiger partial charge is 0.251 e. The minimum Gasteiger partial charge on any atom is -0.340 e. The molecule has 2 N–H and O–H groups in total. The first-order valence-electron chi connectivity index (χ1n) is 9.07. The molecule has 1 aromatic carbocycles. The fraction of sp³-hybridized carbons (Fsp3) is 0.579. The molecule has 0 radical (unpaired) electrons. The highest BCUT2D eigenvalue weighted by Crippen LogP contribution is 2.21. The van der Waals surface area contributed by atoms with E-state index in [4.69, 9.17) is 0 Å². The van der Waals surface area contributed by atoms with Gasteiger partial charge in [0.1, 0.15) is 6.04 Å². The van der Waals surface area contributed by atoms with Crippen LogP contribution in [0.3, 0.4) is 0 Å². The maximum atomic E-state index is 13.1. The molecule has 3 unspecified atom stereocenters. The van der Waals surface area contributed by atoms with E-state index in [2.05, 4.69) is 10.6 Å². The quantitative estimate of drug-likeness (QED) is 0.773. The number of thioether (sulfide) groups is 1. The predicted octanol–water partition coefficient (Wildman–Crippen LogP) is 2.31. The molecule has 0 spiro atoms. The van der Waals surface area contributed by atoms with E-state index in [0.29, 0.717) is 24.1 Å². The van der Waals surface area contributed by atoms with Gasteiger partial charge in [0.25, 0.3) is 5.91 Å². The summed E-state index contributed by atoms with van der Waals surface area (Å²) in [6.45, 7) is 1.54. The van der Waals surface area contributed by atoms with Gasteiger partial charge in [-0.05, 0) is 49.8 Å². The second-order valence-electron chi connectivity index (χ2n) is 6.88. The number of nitrogens with zero attached hydrogens (tertiary/aromatic N) is 1. The van der Waals surface area contributed by atoms with Gasteiger partial charge in [-0.2, -0.15) is 11.8 Å². The van der Waals surface area contributed by atoms with E-state index < -0.39 is 6.04 Å². The number of halogens is 1. The van der Waals surface area contributed by atoms with E-state index in [1.165, 1.54) is 6.42 Å². The van der Waals surface area contributed by atoms with Crippen LogP contribution in [0.4, 0.5) is 0 Å². The minimum absolute atomic E-state index is 0. The number of likely N-dealkylation sites (tertiary alicyclic amines) is 1. The number of nitrogens with one attached hydrogen (secondary N) is 2. The first-order chi connectivity index (χ1) is 12.2. The van der Waals surface area contributed by atoms with E-state index in [0.717, 1.165) is 31.7 Å². The Hall–Kier alpha value is -1.24. The molecule has 3 atom stereocenters. The lowest BCUT2D eigenvalue weighted by Crippen LogP contribution is -2.51. The topological polar surface area (TPSA) is 61.4 Å². The molecule has 2 amide bonds. The molecule has 0 aromatic heterocycles. The Morgan fingerprint density at radius 1 is 1.23 bits per heavy atom. The van der Waals surface area contributed by atoms with Crippen LogP contribution in [0.15, 0.2) is 30.3 Å². The van der Waals surface area contributed by atoms with Gasteiger partial charge in [-0.3, -0.25) is 9.59 Å². The van der Waals surface area contributed by atoms with Crippen molar-refractivity contribution in [3.05, 3.63) is 35.9 Å². The molecule has 2 saturated heterocycles. The summed E-state index contributed by atoms with van der Waals surface area (Å²) in [5.41, 5.74) is 0.598. The number of hydrogen-bond donors (Lipinski definition) is 2. The third kappa shape index (κ3) is 5.38. The van der Waals surface area contributed by atoms with Crippen LogP contribution in [-0.4, -0.2) is 59.9 Å². The van der Waals surface area contributed by atoms with E-state index in [9.17, 15) is 9.59 Å². The molecule has 0 aliphatic carbocycles. The van der Waals surface area contributed by atoms with Crippen LogP contribution in [-0.2, 0) is 4.79 Å². The highest BCUT2D eigenvalue weighted by molar-refractivity contribution is 7.98. The molecule has 2 aliphatic heterocycles. The zero-order chi connectivity index (χ0) is 17.6. The highest BCUT2D eigenvalue weighted by Gasteiger charge is 2.34. The molecular formula is C19H28ClN3O2S. The molecular weight excluding hydrogens is 370 g/mol. The Balaban J connectivity index is 0.00000243. The molecule has 144 valence electrons. The lowest BCUT2D eigenvalue weighted by Gasteiger charge is -2.29. The lowest BCUT2D eigenvalue weighted by atomic mass is 10.1. The number of hydrogen-bond acceptors (Lipinski definition) is 4. The van der Waals surface area contributed by atoms with Gasteiger partial charge in [-0.25, -0.2) is 0 Å². The molecule has 3 rings (SSSR count). The number of carbonyl (C=O) groups excluding carboxylic acids is 2. The Morgan fingerprint density at radius 2 is 1.96 bits per heavy atom. The summed E-state index contributed by atoms with van der Waals surface area (Å²) in [6, 6.07) is 9.62. The van der Waals surface area contributed by atoms with Crippen molar-refractivity contribution in [2.75, 3.05) is 25.1 Å². The molecule has 2 fully saturated rings. The standard InChI is InChI=1S/C19H27N3O2S.ClH/c1-25-12-10-17(21-18(23)14-5-3-2-4-6-14)19(24)22-11-9-15-7-8-16(13-22)20-15;/h2-6,15-17,20H,7-13H2,1H3,(H,21,23);1H. The maximum absolute atomic E-state index is 13.1. The van der Waals surface area contributed by atoms with Crippen LogP contribution < -0.4 is 10.6 Å². The van der Waals surface area contributed by atoms with Gasteiger partial charge in [0.05, 0.1) is 0 Å². The van der Waals surface area contributed by atoms with Gasteiger partial charge in [0, 0.05) is 30.7 Å². The summed E-state index contributed by atoms with van der Waals surface area (Å²) in [4.78, 5) is 27.5. The summed E-state index contributed by atoms with van der Waals surface area (Å²) < 4.78 is 0. The van der Waals surface area contributed by atoms with Crippen LogP contribution >= 0.6 is 24.2 Å². The third-order valence-electron chi connectivity index (χ3n) is 5.08. The Kier molecular flexibility index (Phi) is 8.25. The first kappa shape index (κ1) is 21.1. The molecule has 2 heterocycles. The van der Waals surface area contributed by atoms with E-state index in [1.54, 1.807) is 23.9 Å². The van der Waals surface area contributed by atoms with Crippen molar-refractivity contribution in [3.8, 4) is 0 Å². The number of fused-ring (bicyclic) bond motifs is 2. The Bertz CT molecular complexity index is 602. The van der Waals surface area contributed by atoms with Crippen LogP contribution in [0, 0.1) is 0 Å². The van der Waals surface area contributed by atoms with E-state index >= 15 is 0 Å². The molecule has 2 bridgehead atoms. The van der Waals surface area contributed by atoms with Crippen molar-refractivity contribution in [2.45, 2.75) is 43.8 Å². The van der Waals surface area contributed by atoms with E-state index in [1.807, 2.05) is 29.4 Å². The molecule has 7 heteroatoms. The van der Waals surface area contributed by atoms with Crippen LogP contribution in [0.25, 0.3) is 0 Å². The van der Waals surface area contributed by atoms with Gasteiger partial charge in [0.15, 0.2) is 0 Å². The molecule has 26 heavy (non-hydrogen) atoms. The molecule has 0 saturated carbocycles. The second-order valence-corrected chi connectivity index (χ2v) is 7.87. The zero-order valence-electron chi connectivity index (χ0n) is 15.1. The highest BCUT2D eigenvalue weighted by atomic mass is 35.5. The average molecular weight is 398 g/mol. The van der Waals surface area contributed by atoms with Crippen molar-refractivity contribution in [3.63, 3.8) is 0 Å². The van der Waals surface area contributed by atoms with Gasteiger partial charge in [-0.1, -0.05) is 18.2 Å². The molecule has 5 nitrogen and oxygen atoms in total. The number of rotatable bonds is 6. The summed E-state index contributed by atoms with van der Waals surface area (Å²) in [6.07, 6.45) is 6.05. The Labute approximate surface area is 166 Å². The van der Waals surface area contributed by atoms with Crippen LogP contribution in [0.5, 0.6) is 0 Å². The fourth-order valence-corrected chi connectivity index (χ4v) is 4.16. The number of amides is 2. The lowest BCUT2D eigenvalue weighted by molar-refractivity contribution is -0.133. The second kappa shape index (κ2) is 10.2. The summed E-state index contributed by atoms with van der Waals surface area (Å²) in [7, 11) is 0. The monoisotopic (exact) mass is 397 g/mol. The number of carbonyl (C=O) groups is 2. The largest absolute Gasteiger partial charge is 0.340 e. The average Bonchev–Trinajstić information content (AvgIpc) is 2.97. The molecule has 2 aliphatic rings. The zero-order valence-corrected chi connectivity index (χ0v) is 16.8. The maximum Gasteiger partial charge on any atom is 0.251 e. The van der Waals surface area contributed by atoms with Gasteiger partial charge >= 0.3 is 0 Å². The van der Waals surface area contributed by atoms with Crippen LogP contribution in [0.2, 0.25) is 0 Å². The van der Waals surface area contributed by atoms with Crippen molar-refractivity contribution in [1.29, 1.82) is 0 Å².